The van der Waals surface area contributed by atoms with Gasteiger partial charge in [0.2, 0.25) is 0 Å². The number of pyridine rings is 2. The molecule has 5 aromatic carbocycles. The van der Waals surface area contributed by atoms with Gasteiger partial charge in [0.15, 0.2) is 5.82 Å². The van der Waals surface area contributed by atoms with E-state index in [0.29, 0.717) is 12.4 Å². The van der Waals surface area contributed by atoms with Crippen LogP contribution < -0.4 is 5.32 Å². The Morgan fingerprint density at radius 1 is 0.633 bits per heavy atom. The normalized spacial score (nSPS) is 11.4. The minimum Gasteiger partial charge on any atom is -0.379 e. The first-order valence-electron chi connectivity index (χ1n) is 16.3. The van der Waals surface area contributed by atoms with Crippen molar-refractivity contribution in [2.75, 3.05) is 5.32 Å². The Morgan fingerprint density at radius 2 is 1.22 bits per heavy atom. The van der Waals surface area contributed by atoms with Crippen LogP contribution in [0.5, 0.6) is 0 Å². The molecule has 0 bridgehead atoms. The van der Waals surface area contributed by atoms with Crippen LogP contribution in [0.15, 0.2) is 164 Å². The zero-order chi connectivity index (χ0) is 33.0. The van der Waals surface area contributed by atoms with Gasteiger partial charge >= 0.3 is 0 Å². The standard InChI is InChI=1S/C42H33N7/c1-30-28-39(40-38(45-30)22-13-27-43-40)44-29-31-23-25-32(26-24-31)36-20-11-12-21-37(36)41-46-47-48-49(41)42(33-14-5-2-6-15-33,34-16-7-3-8-17-34)35-18-9-4-10-19-35/h2-28H,29H2,1H3,(H,44,45). The number of hydrogen-bond acceptors (Lipinski definition) is 6. The van der Waals surface area contributed by atoms with Crippen molar-refractivity contribution >= 4 is 16.7 Å². The van der Waals surface area contributed by atoms with E-state index in [-0.39, 0.29) is 0 Å². The van der Waals surface area contributed by atoms with Crippen molar-refractivity contribution < 1.29 is 0 Å². The SMILES string of the molecule is Cc1cc(NCc2ccc(-c3ccccc3-c3nnnn3C(c3ccccc3)(c3ccccc3)c3ccccc3)cc2)c2ncccc2n1. The summed E-state index contributed by atoms with van der Waals surface area (Å²) in [6.07, 6.45) is 1.80. The summed E-state index contributed by atoms with van der Waals surface area (Å²) in [6.45, 7) is 2.66. The quantitative estimate of drug-likeness (QED) is 0.160. The molecule has 0 fully saturated rings. The van der Waals surface area contributed by atoms with E-state index in [1.165, 1.54) is 0 Å². The fraction of sp³-hybridized carbons (Fsp3) is 0.0714. The molecule has 0 aliphatic carbocycles. The molecule has 0 radical (unpaired) electrons. The predicted molar refractivity (Wildman–Crippen MR) is 195 cm³/mol. The van der Waals surface area contributed by atoms with E-state index in [2.05, 4.69) is 136 Å². The Morgan fingerprint density at radius 3 is 1.86 bits per heavy atom. The van der Waals surface area contributed by atoms with Crippen LogP contribution >= 0.6 is 0 Å². The lowest BCUT2D eigenvalue weighted by atomic mass is 9.77. The monoisotopic (exact) mass is 635 g/mol. The summed E-state index contributed by atoms with van der Waals surface area (Å²) in [7, 11) is 0. The molecule has 0 unspecified atom stereocenters. The zero-order valence-corrected chi connectivity index (χ0v) is 27.0. The Kier molecular flexibility index (Phi) is 7.91. The molecule has 0 saturated carbocycles. The number of nitrogens with one attached hydrogen (secondary N) is 1. The molecule has 0 saturated heterocycles. The molecule has 0 aliphatic heterocycles. The molecular formula is C42H33N7. The minimum absolute atomic E-state index is 0.656. The molecule has 8 aromatic rings. The van der Waals surface area contributed by atoms with E-state index in [9.17, 15) is 0 Å². The maximum atomic E-state index is 4.76. The Balaban J connectivity index is 1.20. The fourth-order valence-electron chi connectivity index (χ4n) is 6.74. The number of anilines is 1. The van der Waals surface area contributed by atoms with Crippen LogP contribution in [0.1, 0.15) is 27.9 Å². The number of fused-ring (bicyclic) bond motifs is 1. The fourth-order valence-corrected chi connectivity index (χ4v) is 6.74. The largest absolute Gasteiger partial charge is 0.379 e. The molecule has 0 atom stereocenters. The lowest BCUT2D eigenvalue weighted by Crippen LogP contribution is -2.39. The molecule has 0 spiro atoms. The van der Waals surface area contributed by atoms with Gasteiger partial charge < -0.3 is 5.32 Å². The third-order valence-electron chi connectivity index (χ3n) is 8.97. The highest BCUT2D eigenvalue weighted by molar-refractivity contribution is 5.87. The molecule has 7 nitrogen and oxygen atoms in total. The van der Waals surface area contributed by atoms with Crippen molar-refractivity contribution in [3.8, 4) is 22.5 Å². The van der Waals surface area contributed by atoms with Gasteiger partial charge in [-0.1, -0.05) is 140 Å². The van der Waals surface area contributed by atoms with Crippen molar-refractivity contribution in [2.45, 2.75) is 19.0 Å². The first-order chi connectivity index (χ1) is 24.2. The summed E-state index contributed by atoms with van der Waals surface area (Å²) in [5.74, 6) is 0.672. The van der Waals surface area contributed by atoms with Gasteiger partial charge in [0, 0.05) is 24.0 Å². The van der Waals surface area contributed by atoms with Crippen LogP contribution in [0.25, 0.3) is 33.5 Å². The molecule has 7 heteroatoms. The summed E-state index contributed by atoms with van der Waals surface area (Å²) in [5, 5.41) is 17.4. The topological polar surface area (TPSA) is 81.4 Å². The Labute approximate surface area is 285 Å². The lowest BCUT2D eigenvalue weighted by Gasteiger charge is -2.36. The summed E-state index contributed by atoms with van der Waals surface area (Å²) in [4.78, 5) is 9.18. The van der Waals surface area contributed by atoms with Crippen molar-refractivity contribution in [2.24, 2.45) is 0 Å². The molecule has 0 aliphatic rings. The van der Waals surface area contributed by atoms with Gasteiger partial charge in [-0.2, -0.15) is 0 Å². The molecular weight excluding hydrogens is 603 g/mol. The van der Waals surface area contributed by atoms with Crippen LogP contribution in [0.2, 0.25) is 0 Å². The molecule has 0 amide bonds. The van der Waals surface area contributed by atoms with Gasteiger partial charge in [-0.3, -0.25) is 9.97 Å². The highest BCUT2D eigenvalue weighted by Gasteiger charge is 2.42. The average Bonchev–Trinajstić information content (AvgIpc) is 3.66. The number of tetrazole rings is 1. The number of aromatic nitrogens is 6. The summed E-state index contributed by atoms with van der Waals surface area (Å²) in [5.41, 5.74) is 10.2. The lowest BCUT2D eigenvalue weighted by molar-refractivity contribution is 0.451. The summed E-state index contributed by atoms with van der Waals surface area (Å²) < 4.78 is 1.99. The average molecular weight is 636 g/mol. The number of nitrogens with zero attached hydrogens (tertiary/aromatic N) is 6. The predicted octanol–water partition coefficient (Wildman–Crippen LogP) is 8.71. The molecule has 49 heavy (non-hydrogen) atoms. The highest BCUT2D eigenvalue weighted by atomic mass is 15.6. The zero-order valence-electron chi connectivity index (χ0n) is 27.0. The molecule has 1 N–H and O–H groups in total. The maximum Gasteiger partial charge on any atom is 0.184 e. The van der Waals surface area contributed by atoms with E-state index < -0.39 is 5.54 Å². The van der Waals surface area contributed by atoms with E-state index in [4.69, 9.17) is 10.3 Å². The van der Waals surface area contributed by atoms with Crippen molar-refractivity contribution in [3.63, 3.8) is 0 Å². The van der Waals surface area contributed by atoms with E-state index >= 15 is 0 Å². The van der Waals surface area contributed by atoms with Gasteiger partial charge in [0.05, 0.1) is 11.2 Å². The van der Waals surface area contributed by atoms with Crippen LogP contribution in [0, 0.1) is 6.92 Å². The van der Waals surface area contributed by atoms with Crippen LogP contribution in [0.3, 0.4) is 0 Å². The first-order valence-corrected chi connectivity index (χ1v) is 16.3. The highest BCUT2D eigenvalue weighted by Crippen LogP contribution is 2.43. The van der Waals surface area contributed by atoms with Gasteiger partial charge in [0.25, 0.3) is 0 Å². The Bertz CT molecular complexity index is 2240. The number of aryl methyl sites for hydroxylation is 1. The summed E-state index contributed by atoms with van der Waals surface area (Å²) in [6, 6.07) is 54.4. The molecule has 8 rings (SSSR count). The molecule has 3 heterocycles. The van der Waals surface area contributed by atoms with E-state index in [1.807, 2.05) is 54.1 Å². The smallest absolute Gasteiger partial charge is 0.184 e. The van der Waals surface area contributed by atoms with E-state index in [0.717, 1.165) is 61.4 Å². The second kappa shape index (κ2) is 13.0. The van der Waals surface area contributed by atoms with Crippen molar-refractivity contribution in [1.82, 2.24) is 30.2 Å². The number of benzene rings is 5. The number of hydrogen-bond donors (Lipinski definition) is 1. The third kappa shape index (κ3) is 5.51. The van der Waals surface area contributed by atoms with Crippen molar-refractivity contribution in [3.05, 3.63) is 192 Å². The van der Waals surface area contributed by atoms with Gasteiger partial charge in [-0.25, -0.2) is 4.68 Å². The second-order valence-corrected chi connectivity index (χ2v) is 12.0. The van der Waals surface area contributed by atoms with Crippen LogP contribution in [0.4, 0.5) is 5.69 Å². The maximum absolute atomic E-state index is 4.76. The molecule has 236 valence electrons. The minimum atomic E-state index is -0.838. The van der Waals surface area contributed by atoms with Gasteiger partial charge in [0.1, 0.15) is 11.1 Å². The Hall–Kier alpha value is -6.47. The van der Waals surface area contributed by atoms with E-state index in [1.54, 1.807) is 6.20 Å². The van der Waals surface area contributed by atoms with Crippen LogP contribution in [-0.4, -0.2) is 30.2 Å². The van der Waals surface area contributed by atoms with Crippen molar-refractivity contribution in [1.29, 1.82) is 0 Å². The number of rotatable bonds is 9. The van der Waals surface area contributed by atoms with Gasteiger partial charge in [-0.05, 0) is 68.9 Å². The van der Waals surface area contributed by atoms with Gasteiger partial charge in [-0.15, -0.1) is 5.10 Å². The van der Waals surface area contributed by atoms with Crippen LogP contribution in [-0.2, 0) is 12.1 Å². The molecule has 3 aromatic heterocycles. The second-order valence-electron chi connectivity index (χ2n) is 12.0. The third-order valence-corrected chi connectivity index (χ3v) is 8.97. The first kappa shape index (κ1) is 29.9. The summed E-state index contributed by atoms with van der Waals surface area (Å²) >= 11 is 0.